The molecular weight excluding hydrogens is 238 g/mol. The summed E-state index contributed by atoms with van der Waals surface area (Å²) in [4.78, 5) is 12.9. The normalized spacial score (nSPS) is 14.8. The van der Waals surface area contributed by atoms with E-state index in [0.717, 1.165) is 12.1 Å². The third kappa shape index (κ3) is 4.12. The molecule has 102 valence electrons. The van der Waals surface area contributed by atoms with Gasteiger partial charge >= 0.3 is 5.97 Å². The van der Waals surface area contributed by atoms with Crippen LogP contribution in [0, 0.1) is 0 Å². The summed E-state index contributed by atoms with van der Waals surface area (Å²) in [6.45, 7) is 3.33. The van der Waals surface area contributed by atoms with Gasteiger partial charge in [0.15, 0.2) is 0 Å². The van der Waals surface area contributed by atoms with Crippen LogP contribution in [0.1, 0.15) is 38.2 Å². The molecule has 0 aliphatic heterocycles. The number of benzene rings is 1. The van der Waals surface area contributed by atoms with Gasteiger partial charge in [-0.15, -0.1) is 0 Å². The van der Waals surface area contributed by atoms with Crippen LogP contribution in [-0.4, -0.2) is 23.7 Å². The van der Waals surface area contributed by atoms with Gasteiger partial charge < -0.3 is 10.0 Å². The molecule has 1 N–H and O–H groups in total. The average molecular weight is 259 g/mol. The summed E-state index contributed by atoms with van der Waals surface area (Å²) < 4.78 is 0. The van der Waals surface area contributed by atoms with E-state index < -0.39 is 5.97 Å². The zero-order chi connectivity index (χ0) is 13.7. The summed E-state index contributed by atoms with van der Waals surface area (Å²) in [6, 6.07) is 8.86. The van der Waals surface area contributed by atoms with Gasteiger partial charge in [0, 0.05) is 24.4 Å². The molecule has 1 aliphatic carbocycles. The molecule has 19 heavy (non-hydrogen) atoms. The van der Waals surface area contributed by atoms with Crippen molar-refractivity contribution in [3.8, 4) is 0 Å². The van der Waals surface area contributed by atoms with Crippen molar-refractivity contribution in [2.24, 2.45) is 0 Å². The molecule has 0 radical (unpaired) electrons. The van der Waals surface area contributed by atoms with E-state index in [0.29, 0.717) is 6.04 Å². The summed E-state index contributed by atoms with van der Waals surface area (Å²) >= 11 is 0. The molecular formula is C16H21NO2. The first-order chi connectivity index (χ1) is 9.20. The van der Waals surface area contributed by atoms with Gasteiger partial charge in [-0.1, -0.05) is 25.5 Å². The fourth-order valence-electron chi connectivity index (χ4n) is 2.18. The average Bonchev–Trinajstić information content (AvgIpc) is 3.23. The second-order valence-corrected chi connectivity index (χ2v) is 5.04. The second-order valence-electron chi connectivity index (χ2n) is 5.04. The van der Waals surface area contributed by atoms with Gasteiger partial charge in [-0.2, -0.15) is 0 Å². The molecule has 1 saturated carbocycles. The molecule has 0 bridgehead atoms. The van der Waals surface area contributed by atoms with Crippen molar-refractivity contribution in [3.63, 3.8) is 0 Å². The standard InChI is InChI=1S/C16H21NO2/c1-2-3-12-17(15-9-10-15)14-7-4-13(5-8-14)6-11-16(18)19/h4-8,11,15H,2-3,9-10,12H2,1H3,(H,18,19). The Labute approximate surface area is 114 Å². The first-order valence-corrected chi connectivity index (χ1v) is 6.98. The first-order valence-electron chi connectivity index (χ1n) is 6.98. The lowest BCUT2D eigenvalue weighted by molar-refractivity contribution is -0.131. The fourth-order valence-corrected chi connectivity index (χ4v) is 2.18. The molecule has 1 aromatic rings. The van der Waals surface area contributed by atoms with Crippen molar-refractivity contribution in [2.45, 2.75) is 38.6 Å². The second kappa shape index (κ2) is 6.41. The van der Waals surface area contributed by atoms with Crippen LogP contribution in [0.2, 0.25) is 0 Å². The Balaban J connectivity index is 2.04. The van der Waals surface area contributed by atoms with Crippen LogP contribution in [0.3, 0.4) is 0 Å². The molecule has 0 aromatic heterocycles. The number of nitrogens with zero attached hydrogens (tertiary/aromatic N) is 1. The number of carbonyl (C=O) groups is 1. The van der Waals surface area contributed by atoms with E-state index in [-0.39, 0.29) is 0 Å². The maximum absolute atomic E-state index is 10.5. The van der Waals surface area contributed by atoms with E-state index in [1.807, 2.05) is 12.1 Å². The predicted molar refractivity (Wildman–Crippen MR) is 78.4 cm³/mol. The predicted octanol–water partition coefficient (Wildman–Crippen LogP) is 3.55. The minimum absolute atomic E-state index is 0.715. The quantitative estimate of drug-likeness (QED) is 0.761. The van der Waals surface area contributed by atoms with Crippen molar-refractivity contribution < 1.29 is 9.90 Å². The molecule has 3 nitrogen and oxygen atoms in total. The van der Waals surface area contributed by atoms with E-state index in [9.17, 15) is 4.79 Å². The number of hydrogen-bond donors (Lipinski definition) is 1. The highest BCUT2D eigenvalue weighted by Crippen LogP contribution is 2.32. The number of unbranched alkanes of at least 4 members (excludes halogenated alkanes) is 1. The van der Waals surface area contributed by atoms with Crippen molar-refractivity contribution in [2.75, 3.05) is 11.4 Å². The Morgan fingerprint density at radius 2 is 2.05 bits per heavy atom. The number of hydrogen-bond acceptors (Lipinski definition) is 2. The summed E-state index contributed by atoms with van der Waals surface area (Å²) in [5, 5.41) is 8.60. The molecule has 3 heteroatoms. The minimum atomic E-state index is -0.911. The third-order valence-corrected chi connectivity index (χ3v) is 3.38. The Bertz CT molecular complexity index is 446. The highest BCUT2D eigenvalue weighted by atomic mass is 16.4. The Kier molecular flexibility index (Phi) is 4.61. The highest BCUT2D eigenvalue weighted by Gasteiger charge is 2.28. The van der Waals surface area contributed by atoms with E-state index >= 15 is 0 Å². The van der Waals surface area contributed by atoms with Gasteiger partial charge in [0.25, 0.3) is 0 Å². The molecule has 0 saturated heterocycles. The monoisotopic (exact) mass is 259 g/mol. The van der Waals surface area contributed by atoms with E-state index in [1.54, 1.807) is 6.08 Å². The molecule has 0 spiro atoms. The summed E-state index contributed by atoms with van der Waals surface area (Å²) in [5.41, 5.74) is 2.18. The molecule has 2 rings (SSSR count). The van der Waals surface area contributed by atoms with Gasteiger partial charge in [0.05, 0.1) is 0 Å². The lowest BCUT2D eigenvalue weighted by Gasteiger charge is -2.24. The SMILES string of the molecule is CCCCN(c1ccc(C=CC(=O)O)cc1)C1CC1. The van der Waals surface area contributed by atoms with Crippen LogP contribution in [0.4, 0.5) is 5.69 Å². The molecule has 1 aliphatic rings. The van der Waals surface area contributed by atoms with E-state index in [2.05, 4.69) is 24.0 Å². The zero-order valence-corrected chi connectivity index (χ0v) is 11.4. The van der Waals surface area contributed by atoms with Crippen molar-refractivity contribution in [1.82, 2.24) is 0 Å². The maximum atomic E-state index is 10.5. The third-order valence-electron chi connectivity index (χ3n) is 3.38. The number of carboxylic acids is 1. The maximum Gasteiger partial charge on any atom is 0.328 e. The van der Waals surface area contributed by atoms with Crippen molar-refractivity contribution in [1.29, 1.82) is 0 Å². The van der Waals surface area contributed by atoms with Gasteiger partial charge in [-0.25, -0.2) is 4.79 Å². The number of aliphatic carboxylic acids is 1. The van der Waals surface area contributed by atoms with Crippen LogP contribution in [0.5, 0.6) is 0 Å². The Morgan fingerprint density at radius 3 is 2.58 bits per heavy atom. The first kappa shape index (κ1) is 13.7. The number of carboxylic acid groups (broad SMARTS) is 1. The van der Waals surface area contributed by atoms with Crippen LogP contribution in [-0.2, 0) is 4.79 Å². The van der Waals surface area contributed by atoms with Gasteiger partial charge in [-0.05, 0) is 43.0 Å². The topological polar surface area (TPSA) is 40.5 Å². The summed E-state index contributed by atoms with van der Waals surface area (Å²) in [5.74, 6) is -0.911. The highest BCUT2D eigenvalue weighted by molar-refractivity contribution is 5.85. The molecule has 0 atom stereocenters. The summed E-state index contributed by atoms with van der Waals surface area (Å²) in [7, 11) is 0. The molecule has 1 fully saturated rings. The van der Waals surface area contributed by atoms with Crippen molar-refractivity contribution in [3.05, 3.63) is 35.9 Å². The van der Waals surface area contributed by atoms with Crippen LogP contribution in [0.25, 0.3) is 6.08 Å². The van der Waals surface area contributed by atoms with Crippen LogP contribution < -0.4 is 4.90 Å². The molecule has 0 heterocycles. The lowest BCUT2D eigenvalue weighted by atomic mass is 10.1. The van der Waals surface area contributed by atoms with Crippen LogP contribution >= 0.6 is 0 Å². The number of rotatable bonds is 7. The van der Waals surface area contributed by atoms with Crippen molar-refractivity contribution >= 4 is 17.7 Å². The zero-order valence-electron chi connectivity index (χ0n) is 11.4. The summed E-state index contributed by atoms with van der Waals surface area (Å²) in [6.07, 6.45) is 7.82. The lowest BCUT2D eigenvalue weighted by Crippen LogP contribution is -2.26. The molecule has 1 aromatic carbocycles. The number of anilines is 1. The fraction of sp³-hybridized carbons (Fsp3) is 0.438. The van der Waals surface area contributed by atoms with Gasteiger partial charge in [0.2, 0.25) is 0 Å². The van der Waals surface area contributed by atoms with E-state index in [1.165, 1.54) is 37.4 Å². The Morgan fingerprint density at radius 1 is 1.37 bits per heavy atom. The minimum Gasteiger partial charge on any atom is -0.478 e. The largest absolute Gasteiger partial charge is 0.478 e. The van der Waals surface area contributed by atoms with E-state index in [4.69, 9.17) is 5.11 Å². The van der Waals surface area contributed by atoms with Crippen LogP contribution in [0.15, 0.2) is 30.3 Å². The molecule has 0 amide bonds. The Hall–Kier alpha value is -1.77. The molecule has 0 unspecified atom stereocenters. The smallest absolute Gasteiger partial charge is 0.328 e. The van der Waals surface area contributed by atoms with Gasteiger partial charge in [-0.3, -0.25) is 0 Å². The van der Waals surface area contributed by atoms with Gasteiger partial charge in [0.1, 0.15) is 0 Å².